The second kappa shape index (κ2) is 7.88. The Morgan fingerprint density at radius 1 is 1.33 bits per heavy atom. The molecule has 1 amide bonds. The van der Waals surface area contributed by atoms with Gasteiger partial charge in [-0.2, -0.15) is 13.2 Å². The van der Waals surface area contributed by atoms with Crippen molar-refractivity contribution >= 4 is 11.6 Å². The molecule has 24 heavy (non-hydrogen) atoms. The average Bonchev–Trinajstić information content (AvgIpc) is 2.52. The Hall–Kier alpha value is -1.76. The minimum Gasteiger partial charge on any atom is -0.495 e. The predicted molar refractivity (Wildman–Crippen MR) is 85.9 cm³/mol. The SMILES string of the molecule is COc1ccc(CNC2CCCC(C(F)(F)F)C2)cc1NC(C)=O. The number of ether oxygens (including phenoxy) is 1. The molecular weight excluding hydrogens is 321 g/mol. The molecule has 1 aliphatic rings. The lowest BCUT2D eigenvalue weighted by molar-refractivity contribution is -0.183. The van der Waals surface area contributed by atoms with Gasteiger partial charge in [0.15, 0.2) is 0 Å². The number of carbonyl (C=O) groups excluding carboxylic acids is 1. The number of methoxy groups -OCH3 is 1. The fraction of sp³-hybridized carbons (Fsp3) is 0.588. The number of anilines is 1. The van der Waals surface area contributed by atoms with Crippen molar-refractivity contribution in [1.29, 1.82) is 0 Å². The highest BCUT2D eigenvalue weighted by Crippen LogP contribution is 2.37. The minimum atomic E-state index is -4.11. The van der Waals surface area contributed by atoms with Gasteiger partial charge in [-0.1, -0.05) is 12.5 Å². The molecule has 0 bridgehead atoms. The van der Waals surface area contributed by atoms with Gasteiger partial charge in [0.05, 0.1) is 18.7 Å². The monoisotopic (exact) mass is 344 g/mol. The first-order valence-corrected chi connectivity index (χ1v) is 8.04. The average molecular weight is 344 g/mol. The molecule has 1 aliphatic carbocycles. The van der Waals surface area contributed by atoms with E-state index in [-0.39, 0.29) is 24.8 Å². The predicted octanol–water partition coefficient (Wildman–Crippen LogP) is 3.86. The van der Waals surface area contributed by atoms with E-state index in [1.165, 1.54) is 14.0 Å². The summed E-state index contributed by atoms with van der Waals surface area (Å²) in [4.78, 5) is 11.2. The van der Waals surface area contributed by atoms with Crippen LogP contribution in [-0.4, -0.2) is 25.2 Å². The van der Waals surface area contributed by atoms with E-state index in [1.54, 1.807) is 12.1 Å². The van der Waals surface area contributed by atoms with Crippen LogP contribution in [0.2, 0.25) is 0 Å². The standard InChI is InChI=1S/C17H23F3N2O2/c1-11(23)22-15-8-12(6-7-16(15)24-2)10-21-14-5-3-4-13(9-14)17(18,19)20/h6-8,13-14,21H,3-5,9-10H2,1-2H3,(H,22,23). The number of hydrogen-bond donors (Lipinski definition) is 2. The molecule has 0 aromatic heterocycles. The minimum absolute atomic E-state index is 0.123. The van der Waals surface area contributed by atoms with Gasteiger partial charge >= 0.3 is 6.18 Å². The molecule has 4 nitrogen and oxygen atoms in total. The van der Waals surface area contributed by atoms with Crippen LogP contribution in [0, 0.1) is 5.92 Å². The smallest absolute Gasteiger partial charge is 0.391 e. The van der Waals surface area contributed by atoms with Crippen LogP contribution in [0.3, 0.4) is 0 Å². The van der Waals surface area contributed by atoms with Gasteiger partial charge in [0.1, 0.15) is 5.75 Å². The molecule has 2 rings (SSSR count). The molecular formula is C17H23F3N2O2. The molecule has 134 valence electrons. The highest BCUT2D eigenvalue weighted by molar-refractivity contribution is 5.90. The maximum Gasteiger partial charge on any atom is 0.391 e. The summed E-state index contributed by atoms with van der Waals surface area (Å²) in [6, 6.07) is 5.21. The van der Waals surface area contributed by atoms with E-state index in [0.29, 0.717) is 24.4 Å². The summed E-state index contributed by atoms with van der Waals surface area (Å²) < 4.78 is 43.7. The van der Waals surface area contributed by atoms with E-state index in [9.17, 15) is 18.0 Å². The van der Waals surface area contributed by atoms with Crippen LogP contribution in [-0.2, 0) is 11.3 Å². The second-order valence-electron chi connectivity index (χ2n) is 6.20. The number of carbonyl (C=O) groups is 1. The first-order chi connectivity index (χ1) is 11.3. The molecule has 0 heterocycles. The Bertz CT molecular complexity index is 575. The largest absolute Gasteiger partial charge is 0.495 e. The maximum atomic E-state index is 12.9. The van der Waals surface area contributed by atoms with Gasteiger partial charge in [0.2, 0.25) is 5.91 Å². The molecule has 1 aromatic carbocycles. The van der Waals surface area contributed by atoms with Crippen molar-refractivity contribution in [3.8, 4) is 5.75 Å². The summed E-state index contributed by atoms with van der Waals surface area (Å²) in [5.41, 5.74) is 1.44. The lowest BCUT2D eigenvalue weighted by atomic mass is 9.85. The molecule has 0 radical (unpaired) electrons. The first kappa shape index (κ1) is 18.6. The summed E-state index contributed by atoms with van der Waals surface area (Å²) >= 11 is 0. The van der Waals surface area contributed by atoms with Crippen molar-refractivity contribution in [3.63, 3.8) is 0 Å². The van der Waals surface area contributed by atoms with E-state index in [1.807, 2.05) is 6.07 Å². The van der Waals surface area contributed by atoms with Gasteiger partial charge in [-0.15, -0.1) is 0 Å². The summed E-state index contributed by atoms with van der Waals surface area (Å²) in [5.74, 6) is -0.878. The van der Waals surface area contributed by atoms with Gasteiger partial charge < -0.3 is 15.4 Å². The van der Waals surface area contributed by atoms with Crippen LogP contribution in [0.5, 0.6) is 5.75 Å². The molecule has 1 aromatic rings. The fourth-order valence-corrected chi connectivity index (χ4v) is 3.09. The van der Waals surface area contributed by atoms with Crippen LogP contribution in [0.15, 0.2) is 18.2 Å². The molecule has 0 saturated heterocycles. The number of benzene rings is 1. The molecule has 1 saturated carbocycles. The number of halogens is 3. The van der Waals surface area contributed by atoms with Gasteiger partial charge in [-0.05, 0) is 37.0 Å². The van der Waals surface area contributed by atoms with E-state index < -0.39 is 12.1 Å². The molecule has 1 fully saturated rings. The molecule has 0 spiro atoms. The third-order valence-electron chi connectivity index (χ3n) is 4.31. The van der Waals surface area contributed by atoms with E-state index in [0.717, 1.165) is 12.0 Å². The number of nitrogens with one attached hydrogen (secondary N) is 2. The van der Waals surface area contributed by atoms with E-state index in [4.69, 9.17) is 4.74 Å². The zero-order valence-electron chi connectivity index (χ0n) is 13.9. The van der Waals surface area contributed by atoms with Crippen molar-refractivity contribution < 1.29 is 22.7 Å². The molecule has 7 heteroatoms. The first-order valence-electron chi connectivity index (χ1n) is 8.04. The Kier molecular flexibility index (Phi) is 6.10. The lowest BCUT2D eigenvalue weighted by Gasteiger charge is -2.31. The molecule has 2 unspecified atom stereocenters. The van der Waals surface area contributed by atoms with Gasteiger partial charge in [0, 0.05) is 19.5 Å². The topological polar surface area (TPSA) is 50.4 Å². The van der Waals surface area contributed by atoms with Crippen molar-refractivity contribution in [2.75, 3.05) is 12.4 Å². The summed E-state index contributed by atoms with van der Waals surface area (Å²) in [6.45, 7) is 1.86. The summed E-state index contributed by atoms with van der Waals surface area (Å²) in [7, 11) is 1.51. The zero-order chi connectivity index (χ0) is 17.7. The third-order valence-corrected chi connectivity index (χ3v) is 4.31. The Morgan fingerprint density at radius 2 is 2.08 bits per heavy atom. The molecule has 2 atom stereocenters. The maximum absolute atomic E-state index is 12.9. The Morgan fingerprint density at radius 3 is 2.71 bits per heavy atom. The highest BCUT2D eigenvalue weighted by Gasteiger charge is 2.41. The van der Waals surface area contributed by atoms with Crippen LogP contribution in [0.1, 0.15) is 38.2 Å². The number of alkyl halides is 3. The zero-order valence-corrected chi connectivity index (χ0v) is 13.9. The number of amides is 1. The number of rotatable bonds is 5. The normalized spacial score (nSPS) is 21.4. The van der Waals surface area contributed by atoms with E-state index >= 15 is 0 Å². The van der Waals surface area contributed by atoms with E-state index in [2.05, 4.69) is 10.6 Å². The van der Waals surface area contributed by atoms with Crippen LogP contribution < -0.4 is 15.4 Å². The van der Waals surface area contributed by atoms with Gasteiger partial charge in [-0.25, -0.2) is 0 Å². The molecule has 0 aliphatic heterocycles. The van der Waals surface area contributed by atoms with Gasteiger partial charge in [0.25, 0.3) is 0 Å². The Balaban J connectivity index is 1.97. The fourth-order valence-electron chi connectivity index (χ4n) is 3.09. The van der Waals surface area contributed by atoms with Gasteiger partial charge in [-0.3, -0.25) is 4.79 Å². The van der Waals surface area contributed by atoms with Crippen molar-refractivity contribution in [2.24, 2.45) is 5.92 Å². The van der Waals surface area contributed by atoms with Crippen molar-refractivity contribution in [3.05, 3.63) is 23.8 Å². The quantitative estimate of drug-likeness (QED) is 0.853. The third kappa shape index (κ3) is 5.12. The van der Waals surface area contributed by atoms with Crippen molar-refractivity contribution in [1.82, 2.24) is 5.32 Å². The van der Waals surface area contributed by atoms with Crippen LogP contribution in [0.25, 0.3) is 0 Å². The lowest BCUT2D eigenvalue weighted by Crippen LogP contribution is -2.38. The van der Waals surface area contributed by atoms with Crippen molar-refractivity contribution in [2.45, 2.75) is 51.4 Å². The summed E-state index contributed by atoms with van der Waals surface area (Å²) in [6.07, 6.45) is -2.43. The van der Waals surface area contributed by atoms with Crippen LogP contribution >= 0.6 is 0 Å². The van der Waals surface area contributed by atoms with Crippen LogP contribution in [0.4, 0.5) is 18.9 Å². The highest BCUT2D eigenvalue weighted by atomic mass is 19.4. The second-order valence-corrected chi connectivity index (χ2v) is 6.20. The number of hydrogen-bond acceptors (Lipinski definition) is 3. The Labute approximate surface area is 139 Å². The summed E-state index contributed by atoms with van der Waals surface area (Å²) in [5, 5.41) is 5.89. The molecule has 2 N–H and O–H groups in total.